The van der Waals surface area contributed by atoms with Crippen molar-refractivity contribution < 1.29 is 10.0 Å². The van der Waals surface area contributed by atoms with Crippen LogP contribution in [0.5, 0.6) is 0 Å². The molecule has 1 aliphatic carbocycles. The minimum atomic E-state index is -0.524. The Hall–Kier alpha value is -1.96. The van der Waals surface area contributed by atoms with Gasteiger partial charge in [-0.25, -0.2) is 9.97 Å². The molecular formula is C11H17N5O3. The van der Waals surface area contributed by atoms with E-state index in [1.54, 1.807) is 7.05 Å². The summed E-state index contributed by atoms with van der Waals surface area (Å²) >= 11 is 0. The van der Waals surface area contributed by atoms with E-state index in [-0.39, 0.29) is 23.4 Å². The second kappa shape index (κ2) is 5.79. The van der Waals surface area contributed by atoms with Crippen LogP contribution in [0.25, 0.3) is 0 Å². The standard InChI is InChI=1S/C11H17N5O3/c1-12-10-9(16(18)19)11(14-6-13-10)15-7-4-2-3-5-8(7)17/h6-8,17H,2-5H2,1H3,(H2,12,13,14,15). The molecule has 1 heterocycles. The van der Waals surface area contributed by atoms with E-state index < -0.39 is 11.0 Å². The van der Waals surface area contributed by atoms with E-state index >= 15 is 0 Å². The van der Waals surface area contributed by atoms with E-state index in [1.165, 1.54) is 6.33 Å². The van der Waals surface area contributed by atoms with E-state index in [9.17, 15) is 15.2 Å². The van der Waals surface area contributed by atoms with Gasteiger partial charge < -0.3 is 15.7 Å². The van der Waals surface area contributed by atoms with Crippen LogP contribution in [0.15, 0.2) is 6.33 Å². The van der Waals surface area contributed by atoms with Crippen LogP contribution in [-0.4, -0.2) is 39.2 Å². The molecule has 1 saturated carbocycles. The Morgan fingerprint density at radius 2 is 2.05 bits per heavy atom. The highest BCUT2D eigenvalue weighted by atomic mass is 16.6. The predicted octanol–water partition coefficient (Wildman–Crippen LogP) is 1.14. The van der Waals surface area contributed by atoms with Crippen molar-refractivity contribution in [3.8, 4) is 0 Å². The van der Waals surface area contributed by atoms with Crippen LogP contribution in [0.4, 0.5) is 17.3 Å². The molecule has 0 aliphatic heterocycles. The fourth-order valence-corrected chi connectivity index (χ4v) is 2.30. The number of rotatable bonds is 4. The molecule has 0 bridgehead atoms. The van der Waals surface area contributed by atoms with E-state index in [0.717, 1.165) is 19.3 Å². The van der Waals surface area contributed by atoms with E-state index in [0.29, 0.717) is 6.42 Å². The average molecular weight is 267 g/mol. The first-order chi connectivity index (χ1) is 9.13. The van der Waals surface area contributed by atoms with Crippen molar-refractivity contribution in [3.05, 3.63) is 16.4 Å². The summed E-state index contributed by atoms with van der Waals surface area (Å²) in [5.74, 6) is 0.308. The summed E-state index contributed by atoms with van der Waals surface area (Å²) in [6, 6.07) is -0.202. The van der Waals surface area contributed by atoms with Crippen molar-refractivity contribution >= 4 is 17.3 Å². The number of nitrogens with zero attached hydrogens (tertiary/aromatic N) is 3. The summed E-state index contributed by atoms with van der Waals surface area (Å²) in [6.45, 7) is 0. The summed E-state index contributed by atoms with van der Waals surface area (Å²) in [6.07, 6.45) is 4.21. The van der Waals surface area contributed by atoms with Gasteiger partial charge in [-0.3, -0.25) is 10.1 Å². The first kappa shape index (κ1) is 13.5. The third-order valence-electron chi connectivity index (χ3n) is 3.29. The SMILES string of the molecule is CNc1ncnc(NC2CCCCC2O)c1[N+](=O)[O-]. The Morgan fingerprint density at radius 1 is 1.37 bits per heavy atom. The molecular weight excluding hydrogens is 250 g/mol. The maximum absolute atomic E-state index is 11.1. The molecule has 19 heavy (non-hydrogen) atoms. The van der Waals surface area contributed by atoms with Crippen LogP contribution in [0, 0.1) is 10.1 Å². The minimum absolute atomic E-state index is 0.148. The molecule has 1 aliphatic rings. The number of aliphatic hydroxyl groups is 1. The van der Waals surface area contributed by atoms with Gasteiger partial charge in [0.05, 0.1) is 17.1 Å². The maximum Gasteiger partial charge on any atom is 0.353 e. The molecule has 0 spiro atoms. The molecule has 104 valence electrons. The topological polar surface area (TPSA) is 113 Å². The number of hydrogen-bond donors (Lipinski definition) is 3. The van der Waals surface area contributed by atoms with Crippen molar-refractivity contribution in [2.45, 2.75) is 37.8 Å². The van der Waals surface area contributed by atoms with Crippen LogP contribution in [-0.2, 0) is 0 Å². The second-order valence-corrected chi connectivity index (χ2v) is 4.53. The van der Waals surface area contributed by atoms with Crippen LogP contribution in [0.2, 0.25) is 0 Å². The fraction of sp³-hybridized carbons (Fsp3) is 0.636. The Labute approximate surface area is 110 Å². The van der Waals surface area contributed by atoms with Crippen molar-refractivity contribution in [1.82, 2.24) is 9.97 Å². The van der Waals surface area contributed by atoms with Gasteiger partial charge in [0.25, 0.3) is 0 Å². The highest BCUT2D eigenvalue weighted by Crippen LogP contribution is 2.31. The summed E-state index contributed by atoms with van der Waals surface area (Å²) in [7, 11) is 1.56. The highest BCUT2D eigenvalue weighted by Gasteiger charge is 2.28. The molecule has 0 aromatic carbocycles. The lowest BCUT2D eigenvalue weighted by Gasteiger charge is -2.28. The molecule has 0 amide bonds. The zero-order valence-corrected chi connectivity index (χ0v) is 10.7. The largest absolute Gasteiger partial charge is 0.391 e. The third-order valence-corrected chi connectivity index (χ3v) is 3.29. The Balaban J connectivity index is 2.26. The summed E-state index contributed by atoms with van der Waals surface area (Å²) in [5, 5.41) is 26.6. The van der Waals surface area contributed by atoms with E-state index in [4.69, 9.17) is 0 Å². The second-order valence-electron chi connectivity index (χ2n) is 4.53. The quantitative estimate of drug-likeness (QED) is 0.553. The molecule has 8 heteroatoms. The molecule has 3 N–H and O–H groups in total. The molecule has 0 radical (unpaired) electrons. The normalized spacial score (nSPS) is 22.8. The summed E-state index contributed by atoms with van der Waals surface area (Å²) in [5.41, 5.74) is -0.192. The van der Waals surface area contributed by atoms with Gasteiger partial charge in [-0.2, -0.15) is 0 Å². The Morgan fingerprint density at radius 3 is 2.68 bits per heavy atom. The lowest BCUT2D eigenvalue weighted by Crippen LogP contribution is -2.36. The van der Waals surface area contributed by atoms with E-state index in [1.807, 2.05) is 0 Å². The molecule has 2 unspecified atom stereocenters. The molecule has 1 fully saturated rings. The number of anilines is 2. The molecule has 0 saturated heterocycles. The summed E-state index contributed by atoms with van der Waals surface area (Å²) in [4.78, 5) is 18.3. The molecule has 2 atom stereocenters. The predicted molar refractivity (Wildman–Crippen MR) is 70.1 cm³/mol. The molecule has 1 aromatic rings. The Kier molecular flexibility index (Phi) is 4.10. The maximum atomic E-state index is 11.1. The van der Waals surface area contributed by atoms with Gasteiger partial charge >= 0.3 is 5.69 Å². The first-order valence-corrected chi connectivity index (χ1v) is 6.25. The molecule has 8 nitrogen and oxygen atoms in total. The van der Waals surface area contributed by atoms with Gasteiger partial charge in [-0.05, 0) is 12.8 Å². The number of nitrogens with one attached hydrogen (secondary N) is 2. The minimum Gasteiger partial charge on any atom is -0.391 e. The monoisotopic (exact) mass is 267 g/mol. The van der Waals surface area contributed by atoms with Crippen molar-refractivity contribution in [1.29, 1.82) is 0 Å². The van der Waals surface area contributed by atoms with Gasteiger partial charge in [0.1, 0.15) is 6.33 Å². The van der Waals surface area contributed by atoms with Crippen LogP contribution in [0.1, 0.15) is 25.7 Å². The molecule has 1 aromatic heterocycles. The number of hydrogen-bond acceptors (Lipinski definition) is 7. The molecule has 2 rings (SSSR count). The lowest BCUT2D eigenvalue weighted by molar-refractivity contribution is -0.383. The van der Waals surface area contributed by atoms with Gasteiger partial charge in [0.2, 0.25) is 11.6 Å². The lowest BCUT2D eigenvalue weighted by atomic mass is 9.92. The number of aliphatic hydroxyl groups excluding tert-OH is 1. The van der Waals surface area contributed by atoms with Gasteiger partial charge in [-0.1, -0.05) is 12.8 Å². The number of nitro groups is 1. The van der Waals surface area contributed by atoms with Crippen molar-refractivity contribution in [3.63, 3.8) is 0 Å². The van der Waals surface area contributed by atoms with Crippen LogP contribution >= 0.6 is 0 Å². The number of aromatic nitrogens is 2. The van der Waals surface area contributed by atoms with Gasteiger partial charge in [-0.15, -0.1) is 0 Å². The Bertz CT molecular complexity index is 468. The highest BCUT2D eigenvalue weighted by molar-refractivity contribution is 5.69. The van der Waals surface area contributed by atoms with Crippen LogP contribution in [0.3, 0.4) is 0 Å². The van der Waals surface area contributed by atoms with E-state index in [2.05, 4.69) is 20.6 Å². The first-order valence-electron chi connectivity index (χ1n) is 6.25. The van der Waals surface area contributed by atoms with Crippen molar-refractivity contribution in [2.24, 2.45) is 0 Å². The average Bonchev–Trinajstić information content (AvgIpc) is 2.40. The zero-order valence-electron chi connectivity index (χ0n) is 10.7. The zero-order chi connectivity index (χ0) is 13.8. The van der Waals surface area contributed by atoms with Crippen LogP contribution < -0.4 is 10.6 Å². The summed E-state index contributed by atoms with van der Waals surface area (Å²) < 4.78 is 0. The van der Waals surface area contributed by atoms with Gasteiger partial charge in [0.15, 0.2) is 0 Å². The van der Waals surface area contributed by atoms with Crippen molar-refractivity contribution in [2.75, 3.05) is 17.7 Å². The van der Waals surface area contributed by atoms with Gasteiger partial charge in [0, 0.05) is 7.05 Å². The smallest absolute Gasteiger partial charge is 0.353 e. The third kappa shape index (κ3) is 2.90. The fourth-order valence-electron chi connectivity index (χ4n) is 2.30.